The van der Waals surface area contributed by atoms with Crippen molar-refractivity contribution in [1.82, 2.24) is 0 Å². The standard InChI is InChI=1S/C40H68/c1-27-11-15-29(16-12-27)31-19-23-33(24-20-31)39-35-7-3-5-9-37(35)40(38-10-6-4-8-36(38)39)34-25-21-32(22-26-34)30-17-13-28(2)14-18-30/h27-40H,3-26H2,1-2H3. The van der Waals surface area contributed by atoms with Crippen molar-refractivity contribution in [2.24, 2.45) is 82.9 Å². The van der Waals surface area contributed by atoms with E-state index in [9.17, 15) is 0 Å². The summed E-state index contributed by atoms with van der Waals surface area (Å²) in [5, 5.41) is 0. The number of fused-ring (bicyclic) bond motifs is 2. The summed E-state index contributed by atoms with van der Waals surface area (Å²) in [6.07, 6.45) is 38.2. The predicted octanol–water partition coefficient (Wildman–Crippen LogP) is 12.1. The summed E-state index contributed by atoms with van der Waals surface area (Å²) in [4.78, 5) is 0. The molecule has 0 N–H and O–H groups in total. The maximum atomic E-state index is 2.51. The first kappa shape index (κ1) is 28.8. The van der Waals surface area contributed by atoms with E-state index in [0.717, 1.165) is 82.9 Å². The molecule has 0 spiro atoms. The van der Waals surface area contributed by atoms with Gasteiger partial charge in [-0.3, -0.25) is 0 Å². The Labute approximate surface area is 250 Å². The van der Waals surface area contributed by atoms with Crippen LogP contribution in [0.25, 0.3) is 0 Å². The first-order valence-corrected chi connectivity index (χ1v) is 19.7. The van der Waals surface area contributed by atoms with Gasteiger partial charge in [-0.15, -0.1) is 0 Å². The highest BCUT2D eigenvalue weighted by molar-refractivity contribution is 5.04. The Kier molecular flexibility index (Phi) is 9.29. The van der Waals surface area contributed by atoms with Crippen LogP contribution in [0, 0.1) is 82.9 Å². The zero-order valence-electron chi connectivity index (χ0n) is 27.1. The van der Waals surface area contributed by atoms with Gasteiger partial charge in [-0.25, -0.2) is 0 Å². The first-order valence-electron chi connectivity index (χ1n) is 19.7. The summed E-state index contributed by atoms with van der Waals surface area (Å²) >= 11 is 0. The topological polar surface area (TPSA) is 0 Å². The summed E-state index contributed by atoms with van der Waals surface area (Å²) < 4.78 is 0. The van der Waals surface area contributed by atoms with Crippen molar-refractivity contribution in [2.45, 2.75) is 168 Å². The van der Waals surface area contributed by atoms with Crippen molar-refractivity contribution >= 4 is 0 Å². The van der Waals surface area contributed by atoms with E-state index >= 15 is 0 Å². The lowest BCUT2D eigenvalue weighted by molar-refractivity contribution is -0.116. The van der Waals surface area contributed by atoms with Crippen molar-refractivity contribution < 1.29 is 0 Å². The third-order valence-electron chi connectivity index (χ3n) is 15.9. The van der Waals surface area contributed by atoms with E-state index < -0.39 is 0 Å². The minimum absolute atomic E-state index is 1.01. The molecule has 0 radical (unpaired) electrons. The lowest BCUT2D eigenvalue weighted by atomic mass is 9.45. The van der Waals surface area contributed by atoms with Crippen molar-refractivity contribution in [3.63, 3.8) is 0 Å². The SMILES string of the molecule is CC1CCC(C2CCC(C3C4CCCCC4C(C4CCC(C5CCC(C)CC5)CC4)C4CCCCC43)CC2)CC1. The van der Waals surface area contributed by atoms with Gasteiger partial charge in [-0.1, -0.05) is 65.2 Å². The summed E-state index contributed by atoms with van der Waals surface area (Å²) in [6, 6.07) is 0. The Hall–Kier alpha value is 0. The molecule has 0 saturated heterocycles. The molecule has 4 atom stereocenters. The smallest absolute Gasteiger partial charge is 0.0323 e. The Morgan fingerprint density at radius 1 is 0.250 bits per heavy atom. The fourth-order valence-corrected chi connectivity index (χ4v) is 13.8. The second-order valence-electron chi connectivity index (χ2n) is 17.8. The van der Waals surface area contributed by atoms with Crippen LogP contribution in [0.4, 0.5) is 0 Å². The molecule has 0 heterocycles. The highest BCUT2D eigenvalue weighted by Crippen LogP contribution is 2.63. The maximum absolute atomic E-state index is 2.51. The Bertz CT molecular complexity index is 676. The van der Waals surface area contributed by atoms with E-state index in [1.807, 2.05) is 0 Å². The quantitative estimate of drug-likeness (QED) is 0.328. The van der Waals surface area contributed by atoms with Gasteiger partial charge in [0.1, 0.15) is 0 Å². The second kappa shape index (κ2) is 12.9. The van der Waals surface area contributed by atoms with E-state index in [1.54, 1.807) is 128 Å². The minimum Gasteiger partial charge on any atom is -0.0625 e. The van der Waals surface area contributed by atoms with Gasteiger partial charge in [0.2, 0.25) is 0 Å². The first-order chi connectivity index (χ1) is 19.7. The second-order valence-corrected chi connectivity index (χ2v) is 17.8. The summed E-state index contributed by atoms with van der Waals surface area (Å²) in [5.41, 5.74) is 0. The molecule has 7 aliphatic rings. The molecule has 7 fully saturated rings. The third kappa shape index (κ3) is 5.89. The Balaban J connectivity index is 1.03. The van der Waals surface area contributed by atoms with Gasteiger partial charge in [0, 0.05) is 0 Å². The van der Waals surface area contributed by atoms with Gasteiger partial charge >= 0.3 is 0 Å². The van der Waals surface area contributed by atoms with Crippen LogP contribution in [0.15, 0.2) is 0 Å². The molecule has 0 aromatic rings. The molecule has 0 bridgehead atoms. The molecule has 228 valence electrons. The summed E-state index contributed by atoms with van der Waals surface area (Å²) in [6.45, 7) is 5.01. The third-order valence-corrected chi connectivity index (χ3v) is 15.9. The van der Waals surface area contributed by atoms with Gasteiger partial charge in [-0.2, -0.15) is 0 Å². The Morgan fingerprint density at radius 3 is 0.750 bits per heavy atom. The van der Waals surface area contributed by atoms with E-state index in [4.69, 9.17) is 0 Å². The van der Waals surface area contributed by atoms with Crippen molar-refractivity contribution in [3.05, 3.63) is 0 Å². The van der Waals surface area contributed by atoms with E-state index in [0.29, 0.717) is 0 Å². The molecule has 0 heteroatoms. The number of hydrogen-bond acceptors (Lipinski definition) is 0. The zero-order valence-corrected chi connectivity index (χ0v) is 27.1. The fraction of sp³-hybridized carbons (Fsp3) is 1.00. The van der Waals surface area contributed by atoms with E-state index in [-0.39, 0.29) is 0 Å². The van der Waals surface area contributed by atoms with Crippen LogP contribution in [0.3, 0.4) is 0 Å². The molecule has 0 nitrogen and oxygen atoms in total. The van der Waals surface area contributed by atoms with Crippen LogP contribution < -0.4 is 0 Å². The molecular formula is C40H68. The fourth-order valence-electron chi connectivity index (χ4n) is 13.8. The van der Waals surface area contributed by atoms with Gasteiger partial charge in [0.05, 0.1) is 0 Å². The van der Waals surface area contributed by atoms with Gasteiger partial charge in [0.25, 0.3) is 0 Å². The van der Waals surface area contributed by atoms with Gasteiger partial charge in [0.15, 0.2) is 0 Å². The van der Waals surface area contributed by atoms with Crippen LogP contribution in [0.1, 0.15) is 168 Å². The number of rotatable bonds is 4. The van der Waals surface area contributed by atoms with Crippen LogP contribution in [-0.2, 0) is 0 Å². The van der Waals surface area contributed by atoms with Crippen LogP contribution in [0.5, 0.6) is 0 Å². The lowest BCUT2D eigenvalue weighted by Gasteiger charge is -2.60. The molecule has 7 rings (SSSR count). The molecule has 0 aromatic carbocycles. The largest absolute Gasteiger partial charge is 0.0625 e. The average Bonchev–Trinajstić information content (AvgIpc) is 3.01. The number of hydrogen-bond donors (Lipinski definition) is 0. The summed E-state index contributed by atoms with van der Waals surface area (Å²) in [7, 11) is 0. The average molecular weight is 549 g/mol. The maximum Gasteiger partial charge on any atom is -0.0323 e. The molecule has 40 heavy (non-hydrogen) atoms. The van der Waals surface area contributed by atoms with Crippen molar-refractivity contribution in [2.75, 3.05) is 0 Å². The molecule has 0 amide bonds. The molecule has 4 unspecified atom stereocenters. The predicted molar refractivity (Wildman–Crippen MR) is 171 cm³/mol. The zero-order chi connectivity index (χ0) is 27.1. The van der Waals surface area contributed by atoms with E-state index in [2.05, 4.69) is 13.8 Å². The normalized spacial score (nSPS) is 52.4. The summed E-state index contributed by atoms with van der Waals surface area (Å²) in [5.74, 6) is 15.5. The molecular weight excluding hydrogens is 480 g/mol. The highest BCUT2D eigenvalue weighted by atomic mass is 14.6. The minimum atomic E-state index is 1.01. The highest BCUT2D eigenvalue weighted by Gasteiger charge is 2.55. The van der Waals surface area contributed by atoms with Crippen LogP contribution in [0.2, 0.25) is 0 Å². The lowest BCUT2D eigenvalue weighted by Crippen LogP contribution is -2.53. The monoisotopic (exact) mass is 549 g/mol. The molecule has 0 aliphatic heterocycles. The van der Waals surface area contributed by atoms with Gasteiger partial charge in [-0.05, 0) is 186 Å². The Morgan fingerprint density at radius 2 is 0.475 bits per heavy atom. The molecule has 0 aromatic heterocycles. The molecule has 7 saturated carbocycles. The van der Waals surface area contributed by atoms with Crippen molar-refractivity contribution in [1.29, 1.82) is 0 Å². The van der Waals surface area contributed by atoms with Crippen LogP contribution in [-0.4, -0.2) is 0 Å². The van der Waals surface area contributed by atoms with Gasteiger partial charge < -0.3 is 0 Å². The van der Waals surface area contributed by atoms with Crippen LogP contribution >= 0.6 is 0 Å². The molecule has 7 aliphatic carbocycles. The van der Waals surface area contributed by atoms with Crippen molar-refractivity contribution in [3.8, 4) is 0 Å². The van der Waals surface area contributed by atoms with E-state index in [1.165, 1.54) is 25.7 Å².